The normalized spacial score (nSPS) is 10.7. The number of ether oxygens (including phenoxy) is 2. The highest BCUT2D eigenvalue weighted by molar-refractivity contribution is 9.10. The molecule has 0 amide bonds. The number of benzene rings is 3. The first-order chi connectivity index (χ1) is 13.7. The molecule has 0 saturated carbocycles. The van der Waals surface area contributed by atoms with Gasteiger partial charge >= 0.3 is 0 Å². The van der Waals surface area contributed by atoms with E-state index >= 15 is 0 Å². The average molecular weight is 435 g/mol. The first-order valence-electron chi connectivity index (χ1n) is 8.83. The van der Waals surface area contributed by atoms with E-state index in [9.17, 15) is 0 Å². The van der Waals surface area contributed by atoms with Gasteiger partial charge in [0.2, 0.25) is 0 Å². The van der Waals surface area contributed by atoms with Gasteiger partial charge in [-0.15, -0.1) is 0 Å². The van der Waals surface area contributed by atoms with Crippen LogP contribution in [0.4, 0.5) is 0 Å². The Morgan fingerprint density at radius 3 is 2.25 bits per heavy atom. The van der Waals surface area contributed by atoms with Gasteiger partial charge in [0.25, 0.3) is 0 Å². The summed E-state index contributed by atoms with van der Waals surface area (Å²) in [4.78, 5) is 8.43. The molecular weight excluding hydrogens is 416 g/mol. The summed E-state index contributed by atoms with van der Waals surface area (Å²) < 4.78 is 11.8. The summed E-state index contributed by atoms with van der Waals surface area (Å²) in [5, 5.41) is 0. The van der Waals surface area contributed by atoms with Crippen molar-refractivity contribution in [2.75, 3.05) is 14.2 Å². The predicted molar refractivity (Wildman–Crippen MR) is 116 cm³/mol. The molecule has 28 heavy (non-hydrogen) atoms. The van der Waals surface area contributed by atoms with Crippen LogP contribution in [-0.2, 0) is 0 Å². The Morgan fingerprint density at radius 1 is 0.821 bits per heavy atom. The fourth-order valence-corrected chi connectivity index (χ4v) is 3.50. The molecule has 0 radical (unpaired) electrons. The predicted octanol–water partition coefficient (Wildman–Crippen LogP) is 6.19. The standard InChI is InChI=1S/C23H19BrN2O2/c1-27-18-11-8-16(9-12-18)22-21(15-6-4-3-5-7-15)25-23(26-22)19-14-17(24)10-13-20(19)28-2/h3-14H,1-2H3,(H,25,26). The smallest absolute Gasteiger partial charge is 0.142 e. The molecule has 0 atom stereocenters. The topological polar surface area (TPSA) is 47.1 Å². The molecule has 0 spiro atoms. The van der Waals surface area contributed by atoms with Crippen LogP contribution < -0.4 is 9.47 Å². The van der Waals surface area contributed by atoms with Gasteiger partial charge in [0, 0.05) is 15.6 Å². The Kier molecular flexibility index (Phi) is 5.17. The van der Waals surface area contributed by atoms with Crippen molar-refractivity contribution in [1.29, 1.82) is 0 Å². The SMILES string of the molecule is COc1ccc(-c2[nH]c(-c3cc(Br)ccc3OC)nc2-c2ccccc2)cc1. The maximum absolute atomic E-state index is 5.55. The van der Waals surface area contributed by atoms with Crippen molar-refractivity contribution >= 4 is 15.9 Å². The number of nitrogens with one attached hydrogen (secondary N) is 1. The highest BCUT2D eigenvalue weighted by atomic mass is 79.9. The first-order valence-corrected chi connectivity index (χ1v) is 9.62. The van der Waals surface area contributed by atoms with Gasteiger partial charge in [-0.05, 0) is 42.5 Å². The second-order valence-corrected chi connectivity index (χ2v) is 7.16. The minimum Gasteiger partial charge on any atom is -0.497 e. The summed E-state index contributed by atoms with van der Waals surface area (Å²) >= 11 is 3.54. The van der Waals surface area contributed by atoms with Crippen molar-refractivity contribution in [3.05, 3.63) is 77.3 Å². The quantitative estimate of drug-likeness (QED) is 0.407. The lowest BCUT2D eigenvalue weighted by Gasteiger charge is -2.06. The Morgan fingerprint density at radius 2 is 1.57 bits per heavy atom. The van der Waals surface area contributed by atoms with Crippen LogP contribution in [-0.4, -0.2) is 24.2 Å². The van der Waals surface area contributed by atoms with Crippen LogP contribution in [0.1, 0.15) is 0 Å². The minimum atomic E-state index is 0.753. The average Bonchev–Trinajstić information content (AvgIpc) is 3.20. The third-order valence-corrected chi connectivity index (χ3v) is 5.04. The third kappa shape index (κ3) is 3.53. The van der Waals surface area contributed by atoms with E-state index in [1.807, 2.05) is 60.7 Å². The van der Waals surface area contributed by atoms with Crippen LogP contribution in [0.3, 0.4) is 0 Å². The number of halogens is 1. The Bertz CT molecular complexity index is 1090. The molecular formula is C23H19BrN2O2. The molecule has 4 nitrogen and oxygen atoms in total. The maximum atomic E-state index is 5.55. The fraction of sp³-hybridized carbons (Fsp3) is 0.0870. The van der Waals surface area contributed by atoms with Crippen LogP contribution in [0, 0.1) is 0 Å². The zero-order chi connectivity index (χ0) is 19.5. The van der Waals surface area contributed by atoms with E-state index < -0.39 is 0 Å². The summed E-state index contributed by atoms with van der Waals surface area (Å²) in [7, 11) is 3.33. The Hall–Kier alpha value is -3.05. The van der Waals surface area contributed by atoms with Crippen molar-refractivity contribution in [2.45, 2.75) is 0 Å². The summed E-state index contributed by atoms with van der Waals surface area (Å²) in [5.74, 6) is 2.33. The number of nitrogens with zero attached hydrogens (tertiary/aromatic N) is 1. The zero-order valence-corrected chi connectivity index (χ0v) is 17.2. The van der Waals surface area contributed by atoms with E-state index in [0.717, 1.165) is 49.9 Å². The lowest BCUT2D eigenvalue weighted by molar-refractivity contribution is 0.415. The molecule has 4 rings (SSSR count). The second kappa shape index (κ2) is 7.90. The summed E-state index contributed by atoms with van der Waals surface area (Å²) in [6, 6.07) is 24.0. The number of H-pyrrole nitrogens is 1. The number of aromatic nitrogens is 2. The van der Waals surface area contributed by atoms with Gasteiger partial charge in [-0.25, -0.2) is 4.98 Å². The largest absolute Gasteiger partial charge is 0.497 e. The van der Waals surface area contributed by atoms with Gasteiger partial charge in [-0.1, -0.05) is 46.3 Å². The number of hydrogen-bond donors (Lipinski definition) is 1. The van der Waals surface area contributed by atoms with E-state index in [-0.39, 0.29) is 0 Å². The number of imidazole rings is 1. The summed E-state index contributed by atoms with van der Waals surface area (Å²) in [5.41, 5.74) is 4.82. The van der Waals surface area contributed by atoms with Gasteiger partial charge in [0.05, 0.1) is 31.2 Å². The fourth-order valence-electron chi connectivity index (χ4n) is 3.14. The molecule has 1 heterocycles. The van der Waals surface area contributed by atoms with Gasteiger partial charge < -0.3 is 14.5 Å². The summed E-state index contributed by atoms with van der Waals surface area (Å²) in [6.07, 6.45) is 0. The molecule has 0 bridgehead atoms. The van der Waals surface area contributed by atoms with Crippen LogP contribution in [0.5, 0.6) is 11.5 Å². The lowest BCUT2D eigenvalue weighted by atomic mass is 10.1. The van der Waals surface area contributed by atoms with Crippen LogP contribution in [0.15, 0.2) is 77.3 Å². The molecule has 0 unspecified atom stereocenters. The molecule has 5 heteroatoms. The maximum Gasteiger partial charge on any atom is 0.142 e. The molecule has 3 aromatic carbocycles. The monoisotopic (exact) mass is 434 g/mol. The molecule has 0 aliphatic heterocycles. The van der Waals surface area contributed by atoms with Gasteiger partial charge in [0.1, 0.15) is 17.3 Å². The van der Waals surface area contributed by atoms with E-state index in [4.69, 9.17) is 14.5 Å². The Balaban J connectivity index is 1.91. The molecule has 1 N–H and O–H groups in total. The van der Waals surface area contributed by atoms with Gasteiger partial charge in [-0.2, -0.15) is 0 Å². The first kappa shape index (κ1) is 18.3. The van der Waals surface area contributed by atoms with Crippen LogP contribution >= 0.6 is 15.9 Å². The minimum absolute atomic E-state index is 0.753. The Labute approximate surface area is 172 Å². The number of hydrogen-bond acceptors (Lipinski definition) is 3. The zero-order valence-electron chi connectivity index (χ0n) is 15.6. The highest BCUT2D eigenvalue weighted by Crippen LogP contribution is 2.37. The van der Waals surface area contributed by atoms with Crippen LogP contribution in [0.2, 0.25) is 0 Å². The molecule has 140 valence electrons. The molecule has 0 aliphatic rings. The lowest BCUT2D eigenvalue weighted by Crippen LogP contribution is -1.89. The molecule has 0 saturated heterocycles. The third-order valence-electron chi connectivity index (χ3n) is 4.55. The van der Waals surface area contributed by atoms with E-state index in [1.54, 1.807) is 14.2 Å². The van der Waals surface area contributed by atoms with Crippen molar-refractivity contribution in [2.24, 2.45) is 0 Å². The molecule has 0 aliphatic carbocycles. The van der Waals surface area contributed by atoms with Crippen molar-refractivity contribution < 1.29 is 9.47 Å². The van der Waals surface area contributed by atoms with Crippen molar-refractivity contribution in [1.82, 2.24) is 9.97 Å². The van der Waals surface area contributed by atoms with Crippen molar-refractivity contribution in [3.63, 3.8) is 0 Å². The molecule has 1 aromatic heterocycles. The number of methoxy groups -OCH3 is 2. The molecule has 4 aromatic rings. The van der Waals surface area contributed by atoms with E-state index in [1.165, 1.54) is 0 Å². The van der Waals surface area contributed by atoms with Crippen molar-refractivity contribution in [3.8, 4) is 45.4 Å². The van der Waals surface area contributed by atoms with Gasteiger partial charge in [0.15, 0.2) is 0 Å². The van der Waals surface area contributed by atoms with E-state index in [0.29, 0.717) is 0 Å². The van der Waals surface area contributed by atoms with E-state index in [2.05, 4.69) is 33.0 Å². The molecule has 0 fully saturated rings. The number of rotatable bonds is 5. The van der Waals surface area contributed by atoms with Crippen LogP contribution in [0.25, 0.3) is 33.9 Å². The second-order valence-electron chi connectivity index (χ2n) is 6.25. The number of aromatic amines is 1. The highest BCUT2D eigenvalue weighted by Gasteiger charge is 2.17. The van der Waals surface area contributed by atoms with Gasteiger partial charge in [-0.3, -0.25) is 0 Å². The summed E-state index contributed by atoms with van der Waals surface area (Å²) in [6.45, 7) is 0.